The third kappa shape index (κ3) is 2.71. The van der Waals surface area contributed by atoms with Gasteiger partial charge in [-0.05, 0) is 32.4 Å². The molecule has 2 heterocycles. The van der Waals surface area contributed by atoms with Crippen molar-refractivity contribution in [3.05, 3.63) is 23.7 Å². The molecule has 1 amide bonds. The van der Waals surface area contributed by atoms with Crippen molar-refractivity contribution in [2.75, 3.05) is 0 Å². The number of halogens is 1. The molecule has 2 unspecified atom stereocenters. The van der Waals surface area contributed by atoms with Gasteiger partial charge >= 0.3 is 0 Å². The first kappa shape index (κ1) is 13.8. The van der Waals surface area contributed by atoms with Gasteiger partial charge in [-0.3, -0.25) is 4.79 Å². The molecular weight excluding hydrogens is 264 g/mol. The molecule has 2 N–H and O–H groups in total. The largest absolute Gasteiger partial charge is 0.370 e. The second-order valence-corrected chi connectivity index (χ2v) is 5.49. The maximum atomic E-state index is 11.1. The van der Waals surface area contributed by atoms with Crippen LogP contribution in [-0.4, -0.2) is 20.4 Å². The van der Waals surface area contributed by atoms with Crippen molar-refractivity contribution < 1.29 is 4.79 Å². The van der Waals surface area contributed by atoms with E-state index in [0.717, 1.165) is 16.7 Å². The molecule has 5 nitrogen and oxygen atoms in total. The summed E-state index contributed by atoms with van der Waals surface area (Å²) in [6.07, 6.45) is 2.01. The van der Waals surface area contributed by atoms with E-state index < -0.39 is 0 Å². The van der Waals surface area contributed by atoms with Crippen LogP contribution in [0.25, 0.3) is 11.2 Å². The molecule has 2 rings (SSSR count). The Morgan fingerprint density at radius 1 is 1.53 bits per heavy atom. The molecule has 6 heteroatoms. The van der Waals surface area contributed by atoms with E-state index in [1.54, 1.807) is 6.20 Å². The summed E-state index contributed by atoms with van der Waals surface area (Å²) in [4.78, 5) is 20.0. The molecule has 2 atom stereocenters. The van der Waals surface area contributed by atoms with Gasteiger partial charge in [0.2, 0.25) is 5.91 Å². The molecule has 0 aliphatic carbocycles. The lowest BCUT2D eigenvalue weighted by molar-refractivity contribution is -0.118. The van der Waals surface area contributed by atoms with E-state index in [-0.39, 0.29) is 23.7 Å². The van der Waals surface area contributed by atoms with E-state index in [2.05, 4.69) is 9.97 Å². The zero-order valence-electron chi connectivity index (χ0n) is 11.2. The van der Waals surface area contributed by atoms with Crippen LogP contribution in [0, 0.1) is 6.92 Å². The smallest absolute Gasteiger partial charge is 0.219 e. The van der Waals surface area contributed by atoms with Crippen LogP contribution >= 0.6 is 11.6 Å². The monoisotopic (exact) mass is 280 g/mol. The predicted octanol–water partition coefficient (Wildman–Crippen LogP) is 2.48. The minimum Gasteiger partial charge on any atom is -0.370 e. The number of hydrogen-bond acceptors (Lipinski definition) is 3. The number of hydrogen-bond donors (Lipinski definition) is 1. The first-order chi connectivity index (χ1) is 8.90. The van der Waals surface area contributed by atoms with Crippen molar-refractivity contribution in [3.8, 4) is 0 Å². The molecule has 2 aromatic heterocycles. The summed E-state index contributed by atoms with van der Waals surface area (Å²) >= 11 is 6.17. The van der Waals surface area contributed by atoms with Crippen molar-refractivity contribution in [1.82, 2.24) is 14.5 Å². The van der Waals surface area contributed by atoms with Crippen molar-refractivity contribution in [2.45, 2.75) is 38.6 Å². The van der Waals surface area contributed by atoms with Crippen molar-refractivity contribution >= 4 is 28.7 Å². The van der Waals surface area contributed by atoms with Crippen LogP contribution in [0.3, 0.4) is 0 Å². The number of pyridine rings is 1. The van der Waals surface area contributed by atoms with E-state index in [9.17, 15) is 4.79 Å². The number of imidazole rings is 1. The number of nitrogens with two attached hydrogens (primary N) is 1. The number of fused-ring (bicyclic) bond motifs is 1. The Bertz CT molecular complexity index is 620. The second kappa shape index (κ2) is 5.17. The van der Waals surface area contributed by atoms with E-state index in [4.69, 9.17) is 17.3 Å². The molecule has 2 aromatic rings. The third-order valence-electron chi connectivity index (χ3n) is 2.99. The number of rotatable bonds is 4. The standard InChI is InChI=1S/C13H17ClN4O/c1-7-4-10-13(16-6-7)18(8(2)5-11(15)19)12(17-10)9(3)14/h4,6,8-9H,5H2,1-3H3,(H2,15,19). The van der Waals surface area contributed by atoms with Crippen LogP contribution in [0.5, 0.6) is 0 Å². The third-order valence-corrected chi connectivity index (χ3v) is 3.18. The van der Waals surface area contributed by atoms with Crippen LogP contribution in [0.15, 0.2) is 12.3 Å². The summed E-state index contributed by atoms with van der Waals surface area (Å²) < 4.78 is 1.90. The zero-order valence-corrected chi connectivity index (χ0v) is 12.0. The highest BCUT2D eigenvalue weighted by Crippen LogP contribution is 2.28. The van der Waals surface area contributed by atoms with Crippen LogP contribution in [-0.2, 0) is 4.79 Å². The van der Waals surface area contributed by atoms with Gasteiger partial charge in [-0.25, -0.2) is 9.97 Å². The average molecular weight is 281 g/mol. The zero-order chi connectivity index (χ0) is 14.2. The van der Waals surface area contributed by atoms with Gasteiger partial charge in [0.25, 0.3) is 0 Å². The molecule has 0 saturated carbocycles. The normalized spacial score (nSPS) is 14.5. The van der Waals surface area contributed by atoms with Gasteiger partial charge < -0.3 is 10.3 Å². The molecule has 0 radical (unpaired) electrons. The summed E-state index contributed by atoms with van der Waals surface area (Å²) in [6, 6.07) is 1.84. The Kier molecular flexibility index (Phi) is 3.75. The lowest BCUT2D eigenvalue weighted by Gasteiger charge is -2.16. The van der Waals surface area contributed by atoms with Crippen LogP contribution in [0.4, 0.5) is 0 Å². The van der Waals surface area contributed by atoms with E-state index in [1.165, 1.54) is 0 Å². The number of alkyl halides is 1. The Labute approximate surface area is 116 Å². The number of aromatic nitrogens is 3. The van der Waals surface area contributed by atoms with Gasteiger partial charge in [0.15, 0.2) is 5.65 Å². The number of carbonyl (C=O) groups excluding carboxylic acids is 1. The number of amides is 1. The van der Waals surface area contributed by atoms with Gasteiger partial charge in [-0.15, -0.1) is 11.6 Å². The van der Waals surface area contributed by atoms with Crippen molar-refractivity contribution in [1.29, 1.82) is 0 Å². The van der Waals surface area contributed by atoms with Gasteiger partial charge in [-0.1, -0.05) is 0 Å². The number of aryl methyl sites for hydroxylation is 1. The first-order valence-corrected chi connectivity index (χ1v) is 6.60. The SMILES string of the molecule is Cc1cnc2c(c1)nc(C(C)Cl)n2C(C)CC(N)=O. The predicted molar refractivity (Wildman–Crippen MR) is 75.1 cm³/mol. The van der Waals surface area contributed by atoms with E-state index >= 15 is 0 Å². The molecule has 0 fully saturated rings. The van der Waals surface area contributed by atoms with Crippen molar-refractivity contribution in [2.24, 2.45) is 5.73 Å². The van der Waals surface area contributed by atoms with Gasteiger partial charge in [0.05, 0.1) is 5.38 Å². The van der Waals surface area contributed by atoms with E-state index in [1.807, 2.05) is 31.4 Å². The molecular formula is C13H17ClN4O. The highest BCUT2D eigenvalue weighted by Gasteiger charge is 2.21. The molecule has 0 aromatic carbocycles. The minimum atomic E-state index is -0.352. The van der Waals surface area contributed by atoms with E-state index in [0.29, 0.717) is 5.82 Å². The number of carbonyl (C=O) groups is 1. The fraction of sp³-hybridized carbons (Fsp3) is 0.462. The Hall–Kier alpha value is -1.62. The maximum absolute atomic E-state index is 11.1. The number of nitrogens with zero attached hydrogens (tertiary/aromatic N) is 3. The number of primary amides is 1. The molecule has 0 saturated heterocycles. The molecule has 0 bridgehead atoms. The van der Waals surface area contributed by atoms with Gasteiger partial charge in [0.1, 0.15) is 11.3 Å². The molecule has 19 heavy (non-hydrogen) atoms. The molecule has 0 aliphatic heterocycles. The van der Waals surface area contributed by atoms with Gasteiger partial charge in [-0.2, -0.15) is 0 Å². The van der Waals surface area contributed by atoms with Crippen LogP contribution in [0.2, 0.25) is 0 Å². The molecule has 102 valence electrons. The second-order valence-electron chi connectivity index (χ2n) is 4.83. The lowest BCUT2D eigenvalue weighted by atomic mass is 10.2. The average Bonchev–Trinajstić information content (AvgIpc) is 2.66. The topological polar surface area (TPSA) is 73.8 Å². The molecule has 0 aliphatic rings. The van der Waals surface area contributed by atoms with Gasteiger partial charge in [0, 0.05) is 18.7 Å². The summed E-state index contributed by atoms with van der Waals surface area (Å²) in [5.41, 5.74) is 7.83. The summed E-state index contributed by atoms with van der Waals surface area (Å²) in [5, 5.41) is -0.259. The highest BCUT2D eigenvalue weighted by atomic mass is 35.5. The van der Waals surface area contributed by atoms with Crippen LogP contribution in [0.1, 0.15) is 43.1 Å². The fourth-order valence-electron chi connectivity index (χ4n) is 2.20. The first-order valence-electron chi connectivity index (χ1n) is 6.17. The quantitative estimate of drug-likeness (QED) is 0.874. The Morgan fingerprint density at radius 3 is 2.79 bits per heavy atom. The van der Waals surface area contributed by atoms with Crippen LogP contribution < -0.4 is 5.73 Å². The summed E-state index contributed by atoms with van der Waals surface area (Å²) in [6.45, 7) is 5.72. The fourth-order valence-corrected chi connectivity index (χ4v) is 2.35. The lowest BCUT2D eigenvalue weighted by Crippen LogP contribution is -2.19. The molecule has 0 spiro atoms. The highest BCUT2D eigenvalue weighted by molar-refractivity contribution is 6.20. The Balaban J connectivity index is 2.61. The summed E-state index contributed by atoms with van der Waals surface area (Å²) in [5.74, 6) is 0.359. The minimum absolute atomic E-state index is 0.117. The maximum Gasteiger partial charge on any atom is 0.219 e. The Morgan fingerprint density at radius 2 is 2.21 bits per heavy atom. The van der Waals surface area contributed by atoms with Crippen molar-refractivity contribution in [3.63, 3.8) is 0 Å². The summed E-state index contributed by atoms with van der Waals surface area (Å²) in [7, 11) is 0.